The van der Waals surface area contributed by atoms with E-state index in [1.807, 2.05) is 17.9 Å². The molecule has 1 amide bonds. The van der Waals surface area contributed by atoms with Crippen LogP contribution in [0.1, 0.15) is 44.6 Å². The van der Waals surface area contributed by atoms with Crippen molar-refractivity contribution in [3.63, 3.8) is 0 Å². The number of ether oxygens (including phenoxy) is 1. The van der Waals surface area contributed by atoms with E-state index in [-0.39, 0.29) is 17.5 Å². The fourth-order valence-corrected chi connectivity index (χ4v) is 5.08. The Labute approximate surface area is 194 Å². The fraction of sp³-hybridized carbons (Fsp3) is 0.625. The molecule has 1 aromatic rings. The molecular weight excluding hydrogens is 426 g/mol. The van der Waals surface area contributed by atoms with Gasteiger partial charge in [0.05, 0.1) is 19.3 Å². The van der Waals surface area contributed by atoms with Gasteiger partial charge in [-0.25, -0.2) is 9.59 Å². The summed E-state index contributed by atoms with van der Waals surface area (Å²) in [5, 5.41) is 18.4. The number of carboxylic acid groups (broad SMARTS) is 2. The van der Waals surface area contributed by atoms with Crippen LogP contribution >= 0.6 is 0 Å². The van der Waals surface area contributed by atoms with Crippen LogP contribution in [0.3, 0.4) is 0 Å². The molecule has 1 unspecified atom stereocenters. The molecule has 0 aromatic heterocycles. The third-order valence-corrected chi connectivity index (χ3v) is 6.91. The molecule has 1 saturated carbocycles. The number of carbonyl (C=O) groups is 3. The van der Waals surface area contributed by atoms with Crippen LogP contribution in [0.2, 0.25) is 0 Å². The number of amides is 1. The van der Waals surface area contributed by atoms with E-state index in [1.54, 1.807) is 0 Å². The minimum absolute atomic E-state index is 0.156. The molecule has 1 aromatic carbocycles. The Morgan fingerprint density at radius 1 is 1.03 bits per heavy atom. The molecule has 1 atom stereocenters. The average molecular weight is 462 g/mol. The lowest BCUT2D eigenvalue weighted by Gasteiger charge is -2.48. The Hall–Kier alpha value is -2.49. The second-order valence-electron chi connectivity index (χ2n) is 8.97. The van der Waals surface area contributed by atoms with Crippen molar-refractivity contribution >= 4 is 23.5 Å². The topological polar surface area (TPSA) is 119 Å². The van der Waals surface area contributed by atoms with Gasteiger partial charge in [0, 0.05) is 37.4 Å². The number of nitrogens with zero attached hydrogens (tertiary/aromatic N) is 2. The van der Waals surface area contributed by atoms with Crippen molar-refractivity contribution in [2.24, 2.45) is 0 Å². The third-order valence-electron chi connectivity index (χ3n) is 6.91. The number of aliphatic carboxylic acids is 2. The van der Waals surface area contributed by atoms with Gasteiger partial charge in [-0.1, -0.05) is 37.5 Å². The van der Waals surface area contributed by atoms with Crippen molar-refractivity contribution in [1.29, 1.82) is 0 Å². The summed E-state index contributed by atoms with van der Waals surface area (Å²) in [7, 11) is 0. The van der Waals surface area contributed by atoms with Crippen LogP contribution in [0.5, 0.6) is 0 Å². The molecule has 0 spiro atoms. The number of hydrogen-bond acceptors (Lipinski definition) is 6. The number of benzene rings is 1. The van der Waals surface area contributed by atoms with Crippen LogP contribution in [0.25, 0.3) is 0 Å². The van der Waals surface area contributed by atoms with Gasteiger partial charge in [0.25, 0.3) is 0 Å². The minimum atomic E-state index is -1.82. The van der Waals surface area contributed by atoms with Gasteiger partial charge < -0.3 is 25.2 Å². The number of carboxylic acids is 2. The first-order valence-electron chi connectivity index (χ1n) is 11.8. The quantitative estimate of drug-likeness (QED) is 0.568. The normalized spacial score (nSPS) is 20.8. The monoisotopic (exact) mass is 461 g/mol. The highest BCUT2D eigenvalue weighted by Crippen LogP contribution is 2.34. The van der Waals surface area contributed by atoms with Crippen LogP contribution in [-0.4, -0.2) is 83.9 Å². The maximum Gasteiger partial charge on any atom is 0.414 e. The van der Waals surface area contributed by atoms with Crippen molar-refractivity contribution in [2.45, 2.75) is 57.0 Å². The smallest absolute Gasteiger partial charge is 0.414 e. The predicted molar refractivity (Wildman–Crippen MR) is 123 cm³/mol. The first kappa shape index (κ1) is 25.1. The van der Waals surface area contributed by atoms with E-state index in [9.17, 15) is 4.79 Å². The SMILES string of the molecule is CC(NCC1(N2CCOCC2)CCCCC1)C(=O)N1CCc2ccccc21.O=C(O)C(=O)O. The number of nitrogens with one attached hydrogen (secondary N) is 1. The number of fused-ring (bicyclic) bond motifs is 1. The third kappa shape index (κ3) is 6.31. The zero-order valence-electron chi connectivity index (χ0n) is 19.3. The van der Waals surface area contributed by atoms with Crippen molar-refractivity contribution < 1.29 is 29.3 Å². The standard InChI is InChI=1S/C22H33N3O2.C2H2O4/c1-18(21(26)25-12-9-19-7-3-4-8-20(19)25)23-17-22(10-5-2-6-11-22)24-13-15-27-16-14-24;3-1(4)2(5)6/h3-4,7-8,18,23H,2,5-6,9-17H2,1H3;(H,3,4)(H,5,6). The van der Waals surface area contributed by atoms with E-state index in [0.717, 1.165) is 51.5 Å². The molecule has 3 aliphatic rings. The summed E-state index contributed by atoms with van der Waals surface area (Å²) < 4.78 is 5.58. The second-order valence-corrected chi connectivity index (χ2v) is 8.97. The summed E-state index contributed by atoms with van der Waals surface area (Å²) in [6.07, 6.45) is 7.35. The zero-order valence-corrected chi connectivity index (χ0v) is 19.3. The number of morpholine rings is 1. The van der Waals surface area contributed by atoms with Crippen LogP contribution in [0.4, 0.5) is 5.69 Å². The maximum atomic E-state index is 13.1. The molecule has 33 heavy (non-hydrogen) atoms. The summed E-state index contributed by atoms with van der Waals surface area (Å²) in [5.74, 6) is -3.45. The van der Waals surface area contributed by atoms with Gasteiger partial charge in [-0.3, -0.25) is 9.69 Å². The summed E-state index contributed by atoms with van der Waals surface area (Å²) >= 11 is 0. The highest BCUT2D eigenvalue weighted by molar-refractivity contribution is 6.27. The molecule has 9 heteroatoms. The lowest BCUT2D eigenvalue weighted by atomic mass is 9.79. The Bertz CT molecular complexity index is 821. The number of para-hydroxylation sites is 1. The Kier molecular flexibility index (Phi) is 8.82. The Morgan fingerprint density at radius 2 is 1.67 bits per heavy atom. The summed E-state index contributed by atoms with van der Waals surface area (Å²) in [5.41, 5.74) is 2.58. The van der Waals surface area contributed by atoms with Crippen molar-refractivity contribution in [2.75, 3.05) is 44.3 Å². The number of rotatable bonds is 5. The molecule has 1 aliphatic carbocycles. The van der Waals surface area contributed by atoms with E-state index in [1.165, 1.54) is 37.7 Å². The molecule has 1 saturated heterocycles. The molecule has 3 N–H and O–H groups in total. The first-order valence-corrected chi connectivity index (χ1v) is 11.8. The van der Waals surface area contributed by atoms with Crippen molar-refractivity contribution in [3.05, 3.63) is 29.8 Å². The Balaban J connectivity index is 0.000000454. The van der Waals surface area contributed by atoms with Crippen molar-refractivity contribution in [1.82, 2.24) is 10.2 Å². The van der Waals surface area contributed by atoms with Gasteiger partial charge >= 0.3 is 11.9 Å². The van der Waals surface area contributed by atoms with E-state index >= 15 is 0 Å². The summed E-state index contributed by atoms with van der Waals surface area (Å²) in [6, 6.07) is 8.14. The highest BCUT2D eigenvalue weighted by atomic mass is 16.5. The highest BCUT2D eigenvalue weighted by Gasteiger charge is 2.39. The zero-order chi connectivity index (χ0) is 23.8. The van der Waals surface area contributed by atoms with Crippen LogP contribution < -0.4 is 10.2 Å². The van der Waals surface area contributed by atoms with Crippen LogP contribution in [-0.2, 0) is 25.5 Å². The molecule has 182 valence electrons. The molecule has 9 nitrogen and oxygen atoms in total. The minimum Gasteiger partial charge on any atom is -0.473 e. The van der Waals surface area contributed by atoms with Crippen molar-refractivity contribution in [3.8, 4) is 0 Å². The summed E-state index contributed by atoms with van der Waals surface area (Å²) in [4.78, 5) is 35.9. The number of carbonyl (C=O) groups excluding carboxylic acids is 1. The Morgan fingerprint density at radius 3 is 2.30 bits per heavy atom. The molecule has 0 bridgehead atoms. The van der Waals surface area contributed by atoms with Crippen LogP contribution in [0.15, 0.2) is 24.3 Å². The van der Waals surface area contributed by atoms with Gasteiger partial charge in [-0.05, 0) is 37.8 Å². The molecule has 2 heterocycles. The predicted octanol–water partition coefficient (Wildman–Crippen LogP) is 1.74. The van der Waals surface area contributed by atoms with E-state index in [2.05, 4.69) is 28.4 Å². The second kappa shape index (κ2) is 11.6. The van der Waals surface area contributed by atoms with Gasteiger partial charge in [-0.2, -0.15) is 0 Å². The number of anilines is 1. The largest absolute Gasteiger partial charge is 0.473 e. The van der Waals surface area contributed by atoms with E-state index in [4.69, 9.17) is 24.5 Å². The lowest BCUT2D eigenvalue weighted by molar-refractivity contribution is -0.159. The van der Waals surface area contributed by atoms with Gasteiger partial charge in [0.15, 0.2) is 0 Å². The molecule has 2 aliphatic heterocycles. The fourth-order valence-electron chi connectivity index (χ4n) is 5.08. The molecule has 4 rings (SSSR count). The van der Waals surface area contributed by atoms with E-state index < -0.39 is 11.9 Å². The van der Waals surface area contributed by atoms with Gasteiger partial charge in [0.2, 0.25) is 5.91 Å². The molecule has 0 radical (unpaired) electrons. The van der Waals surface area contributed by atoms with Crippen LogP contribution in [0, 0.1) is 0 Å². The maximum absolute atomic E-state index is 13.1. The molecule has 2 fully saturated rings. The summed E-state index contributed by atoms with van der Waals surface area (Å²) in [6.45, 7) is 7.43. The molecular formula is C24H35N3O6. The van der Waals surface area contributed by atoms with E-state index in [0.29, 0.717) is 0 Å². The lowest BCUT2D eigenvalue weighted by Crippen LogP contribution is -2.61. The van der Waals surface area contributed by atoms with Gasteiger partial charge in [-0.15, -0.1) is 0 Å². The average Bonchev–Trinajstić information content (AvgIpc) is 3.28. The van der Waals surface area contributed by atoms with Gasteiger partial charge in [0.1, 0.15) is 0 Å². The number of hydrogen-bond donors (Lipinski definition) is 3. The first-order chi connectivity index (χ1) is 15.8.